The van der Waals surface area contributed by atoms with E-state index in [1.807, 2.05) is 0 Å². The first-order valence-electron chi connectivity index (χ1n) is 5.71. The fourth-order valence-corrected chi connectivity index (χ4v) is 2.38. The SMILES string of the molecule is CCc1ccc2c(c1)CC(C)(C)CC2. The third kappa shape index (κ3) is 1.84. The summed E-state index contributed by atoms with van der Waals surface area (Å²) in [5.41, 5.74) is 5.18. The zero-order chi connectivity index (χ0) is 10.2. The van der Waals surface area contributed by atoms with Crippen molar-refractivity contribution >= 4 is 0 Å². The molecule has 2 rings (SSSR count). The molecule has 0 aromatic heterocycles. The number of fused-ring (bicyclic) bond motifs is 1. The zero-order valence-corrected chi connectivity index (χ0v) is 9.56. The minimum absolute atomic E-state index is 0.513. The summed E-state index contributed by atoms with van der Waals surface area (Å²) in [5, 5.41) is 0. The van der Waals surface area contributed by atoms with E-state index in [0.29, 0.717) is 5.41 Å². The lowest BCUT2D eigenvalue weighted by molar-refractivity contribution is 0.315. The smallest absolute Gasteiger partial charge is 0.0224 e. The van der Waals surface area contributed by atoms with Gasteiger partial charge in [-0.1, -0.05) is 39.0 Å². The second kappa shape index (κ2) is 3.42. The summed E-state index contributed by atoms with van der Waals surface area (Å²) in [7, 11) is 0. The molecule has 0 N–H and O–H groups in total. The van der Waals surface area contributed by atoms with Gasteiger partial charge in [0.25, 0.3) is 0 Å². The first-order chi connectivity index (χ1) is 6.61. The maximum Gasteiger partial charge on any atom is -0.0224 e. The molecule has 0 amide bonds. The van der Waals surface area contributed by atoms with Crippen LogP contribution in [0.5, 0.6) is 0 Å². The van der Waals surface area contributed by atoms with E-state index in [0.717, 1.165) is 6.42 Å². The third-order valence-electron chi connectivity index (χ3n) is 3.42. The Bertz CT molecular complexity index is 334. The van der Waals surface area contributed by atoms with Gasteiger partial charge in [0.05, 0.1) is 0 Å². The highest BCUT2D eigenvalue weighted by molar-refractivity contribution is 5.34. The van der Waals surface area contributed by atoms with Crippen molar-refractivity contribution < 1.29 is 0 Å². The van der Waals surface area contributed by atoms with Gasteiger partial charge in [-0.2, -0.15) is 0 Å². The lowest BCUT2D eigenvalue weighted by Gasteiger charge is -2.31. The van der Waals surface area contributed by atoms with Gasteiger partial charge >= 0.3 is 0 Å². The number of benzene rings is 1. The minimum atomic E-state index is 0.513. The molecule has 0 fully saturated rings. The standard InChI is InChI=1S/C14H20/c1-4-11-5-6-12-7-8-14(2,3)10-13(12)9-11/h5-6,9H,4,7-8,10H2,1-3H3. The highest BCUT2D eigenvalue weighted by atomic mass is 14.3. The number of hydrogen-bond donors (Lipinski definition) is 0. The van der Waals surface area contributed by atoms with Crippen molar-refractivity contribution in [2.24, 2.45) is 5.41 Å². The highest BCUT2D eigenvalue weighted by Gasteiger charge is 2.24. The Balaban J connectivity index is 2.34. The van der Waals surface area contributed by atoms with E-state index in [1.165, 1.54) is 24.8 Å². The average molecular weight is 188 g/mol. The molecule has 0 heteroatoms. The van der Waals surface area contributed by atoms with Crippen LogP contribution < -0.4 is 0 Å². The van der Waals surface area contributed by atoms with Crippen molar-refractivity contribution in [3.8, 4) is 0 Å². The molecule has 0 radical (unpaired) electrons. The van der Waals surface area contributed by atoms with E-state index in [4.69, 9.17) is 0 Å². The van der Waals surface area contributed by atoms with Gasteiger partial charge in [-0.25, -0.2) is 0 Å². The predicted octanol–water partition coefficient (Wildman–Crippen LogP) is 3.76. The molecular formula is C14H20. The van der Waals surface area contributed by atoms with Gasteiger partial charge in [0, 0.05) is 0 Å². The maximum atomic E-state index is 2.41. The van der Waals surface area contributed by atoms with Crippen molar-refractivity contribution in [2.45, 2.75) is 46.5 Å². The van der Waals surface area contributed by atoms with E-state index in [9.17, 15) is 0 Å². The van der Waals surface area contributed by atoms with E-state index < -0.39 is 0 Å². The normalized spacial score (nSPS) is 19.1. The highest BCUT2D eigenvalue weighted by Crippen LogP contribution is 2.34. The van der Waals surface area contributed by atoms with Crippen molar-refractivity contribution in [3.05, 3.63) is 34.9 Å². The summed E-state index contributed by atoms with van der Waals surface area (Å²) < 4.78 is 0. The predicted molar refractivity (Wildman–Crippen MR) is 61.6 cm³/mol. The Labute approximate surface area is 87.3 Å². The molecule has 76 valence electrons. The largest absolute Gasteiger partial charge is 0.0613 e. The van der Waals surface area contributed by atoms with Crippen molar-refractivity contribution in [3.63, 3.8) is 0 Å². The molecule has 0 unspecified atom stereocenters. The molecule has 0 heterocycles. The number of aryl methyl sites for hydroxylation is 2. The van der Waals surface area contributed by atoms with Crippen molar-refractivity contribution in [1.29, 1.82) is 0 Å². The molecule has 0 nitrogen and oxygen atoms in total. The van der Waals surface area contributed by atoms with Gasteiger partial charge in [0.15, 0.2) is 0 Å². The summed E-state index contributed by atoms with van der Waals surface area (Å²) in [6, 6.07) is 7.04. The topological polar surface area (TPSA) is 0 Å². The second-order valence-corrected chi connectivity index (χ2v) is 5.30. The Morgan fingerprint density at radius 1 is 1.21 bits per heavy atom. The molecule has 14 heavy (non-hydrogen) atoms. The van der Waals surface area contributed by atoms with Crippen LogP contribution in [0.3, 0.4) is 0 Å². The molecule has 1 aliphatic carbocycles. The van der Waals surface area contributed by atoms with Gasteiger partial charge in [0.2, 0.25) is 0 Å². The summed E-state index contributed by atoms with van der Waals surface area (Å²) >= 11 is 0. The molecule has 1 aromatic rings. The van der Waals surface area contributed by atoms with Crippen LogP contribution in [-0.4, -0.2) is 0 Å². The molecule has 0 atom stereocenters. The number of rotatable bonds is 1. The zero-order valence-electron chi connectivity index (χ0n) is 9.56. The number of hydrogen-bond acceptors (Lipinski definition) is 0. The van der Waals surface area contributed by atoms with Crippen LogP contribution in [0.25, 0.3) is 0 Å². The summed E-state index contributed by atoms with van der Waals surface area (Å²) in [4.78, 5) is 0. The lowest BCUT2D eigenvalue weighted by Crippen LogP contribution is -2.22. The summed E-state index contributed by atoms with van der Waals surface area (Å²) in [6.45, 7) is 7.00. The van der Waals surface area contributed by atoms with Crippen LogP contribution in [0.4, 0.5) is 0 Å². The van der Waals surface area contributed by atoms with Gasteiger partial charge in [-0.05, 0) is 47.8 Å². The van der Waals surface area contributed by atoms with Crippen LogP contribution in [-0.2, 0) is 19.3 Å². The summed E-state index contributed by atoms with van der Waals surface area (Å²) in [6.07, 6.45) is 5.03. The van der Waals surface area contributed by atoms with Gasteiger partial charge < -0.3 is 0 Å². The van der Waals surface area contributed by atoms with Gasteiger partial charge in [-0.3, -0.25) is 0 Å². The van der Waals surface area contributed by atoms with Gasteiger partial charge in [-0.15, -0.1) is 0 Å². The molecule has 0 aliphatic heterocycles. The Kier molecular flexibility index (Phi) is 2.38. The molecule has 0 bridgehead atoms. The van der Waals surface area contributed by atoms with Crippen molar-refractivity contribution in [1.82, 2.24) is 0 Å². The maximum absolute atomic E-state index is 2.41. The fraction of sp³-hybridized carbons (Fsp3) is 0.571. The van der Waals surface area contributed by atoms with E-state index in [1.54, 1.807) is 11.1 Å². The van der Waals surface area contributed by atoms with Crippen LogP contribution >= 0.6 is 0 Å². The first kappa shape index (κ1) is 9.76. The van der Waals surface area contributed by atoms with E-state index in [-0.39, 0.29) is 0 Å². The monoisotopic (exact) mass is 188 g/mol. The Morgan fingerprint density at radius 3 is 2.71 bits per heavy atom. The van der Waals surface area contributed by atoms with Gasteiger partial charge in [0.1, 0.15) is 0 Å². The quantitative estimate of drug-likeness (QED) is 0.629. The van der Waals surface area contributed by atoms with Crippen LogP contribution in [0, 0.1) is 5.41 Å². The third-order valence-corrected chi connectivity index (χ3v) is 3.42. The van der Waals surface area contributed by atoms with E-state index >= 15 is 0 Å². The summed E-state index contributed by atoms with van der Waals surface area (Å²) in [5.74, 6) is 0. The van der Waals surface area contributed by atoms with Crippen molar-refractivity contribution in [2.75, 3.05) is 0 Å². The minimum Gasteiger partial charge on any atom is -0.0613 e. The van der Waals surface area contributed by atoms with E-state index in [2.05, 4.69) is 39.0 Å². The molecule has 0 saturated heterocycles. The average Bonchev–Trinajstić information content (AvgIpc) is 2.15. The molecule has 0 spiro atoms. The Hall–Kier alpha value is -0.780. The van der Waals surface area contributed by atoms with Crippen LogP contribution in [0.15, 0.2) is 18.2 Å². The lowest BCUT2D eigenvalue weighted by atomic mass is 9.74. The molecular weight excluding hydrogens is 168 g/mol. The molecule has 1 aliphatic rings. The second-order valence-electron chi connectivity index (χ2n) is 5.30. The fourth-order valence-electron chi connectivity index (χ4n) is 2.38. The first-order valence-corrected chi connectivity index (χ1v) is 5.71. The Morgan fingerprint density at radius 2 is 2.00 bits per heavy atom. The molecule has 1 aromatic carbocycles. The van der Waals surface area contributed by atoms with Crippen LogP contribution in [0.2, 0.25) is 0 Å². The van der Waals surface area contributed by atoms with Crippen LogP contribution in [0.1, 0.15) is 43.9 Å². The molecule has 0 saturated carbocycles.